The number of amides is 1. The monoisotopic (exact) mass is 404 g/mol. The van der Waals surface area contributed by atoms with Crippen molar-refractivity contribution in [3.05, 3.63) is 83.9 Å². The van der Waals surface area contributed by atoms with Crippen LogP contribution in [0, 0.1) is 0 Å². The molecule has 154 valence electrons. The first kappa shape index (κ1) is 19.8. The number of nitrogens with zero attached hydrogens (tertiary/aromatic N) is 1. The minimum atomic E-state index is -0.596. The molecule has 1 N–H and O–H groups in total. The van der Waals surface area contributed by atoms with Gasteiger partial charge in [-0.15, -0.1) is 0 Å². The van der Waals surface area contributed by atoms with Crippen molar-refractivity contribution in [2.75, 3.05) is 6.79 Å². The molecule has 6 nitrogen and oxygen atoms in total. The Balaban J connectivity index is 1.53. The van der Waals surface area contributed by atoms with Gasteiger partial charge in [-0.25, -0.2) is 4.99 Å². The van der Waals surface area contributed by atoms with Crippen molar-refractivity contribution in [1.82, 2.24) is 5.32 Å². The molecule has 2 aromatic carbocycles. The van der Waals surface area contributed by atoms with E-state index in [1.165, 1.54) is 0 Å². The lowest BCUT2D eigenvalue weighted by Gasteiger charge is -2.18. The van der Waals surface area contributed by atoms with Gasteiger partial charge in [0, 0.05) is 6.21 Å². The molecule has 2 aromatic rings. The summed E-state index contributed by atoms with van der Waals surface area (Å²) in [5.74, 6) is 2.03. The van der Waals surface area contributed by atoms with Crippen molar-refractivity contribution in [2.45, 2.75) is 31.8 Å². The Morgan fingerprint density at radius 3 is 2.67 bits per heavy atom. The minimum absolute atomic E-state index is 0.121. The average molecular weight is 404 g/mol. The molecule has 0 bridgehead atoms. The van der Waals surface area contributed by atoms with E-state index in [0.717, 1.165) is 24.0 Å². The molecule has 1 amide bonds. The maximum atomic E-state index is 13.2. The second kappa shape index (κ2) is 8.45. The van der Waals surface area contributed by atoms with Gasteiger partial charge in [-0.3, -0.25) is 4.79 Å². The summed E-state index contributed by atoms with van der Waals surface area (Å²) >= 11 is 0. The number of allylic oxidation sites excluding steroid dienone is 1. The van der Waals surface area contributed by atoms with Crippen molar-refractivity contribution in [1.29, 1.82) is 0 Å². The molecular weight excluding hydrogens is 380 g/mol. The van der Waals surface area contributed by atoms with Gasteiger partial charge >= 0.3 is 0 Å². The first-order chi connectivity index (χ1) is 14.7. The van der Waals surface area contributed by atoms with Crippen molar-refractivity contribution in [2.24, 2.45) is 4.99 Å². The highest BCUT2D eigenvalue weighted by atomic mass is 16.7. The minimum Gasteiger partial charge on any atom is -0.485 e. The number of ether oxygens (including phenoxy) is 3. The number of carbonyl (C=O) groups excluding carboxylic acids is 1. The Bertz CT molecular complexity index is 1010. The highest BCUT2D eigenvalue weighted by Gasteiger charge is 2.52. The van der Waals surface area contributed by atoms with Gasteiger partial charge in [0.05, 0.1) is 5.41 Å². The van der Waals surface area contributed by atoms with Gasteiger partial charge < -0.3 is 19.5 Å². The summed E-state index contributed by atoms with van der Waals surface area (Å²) in [6.07, 6.45) is 4.70. The molecule has 0 radical (unpaired) electrons. The van der Waals surface area contributed by atoms with E-state index in [9.17, 15) is 4.79 Å². The first-order valence-electron chi connectivity index (χ1n) is 9.90. The molecule has 0 unspecified atom stereocenters. The molecular formula is C24H24N2O4. The lowest BCUT2D eigenvalue weighted by Crippen LogP contribution is -2.34. The summed E-state index contributed by atoms with van der Waals surface area (Å²) < 4.78 is 16.7. The number of hydrogen-bond donors (Lipinski definition) is 1. The fourth-order valence-corrected chi connectivity index (χ4v) is 3.44. The standard InChI is InChI=1S/C24H24N2O4/c1-3-19(28-15-17-8-6-5-7-9-17)22(25-4-2)26-23(27)24(12-13-24)18-10-11-20-21(14-18)30-16-29-20/h3-11,14H,1,12-13,15-16H2,2H3,(H,26,27)/b22-19-,25-4-. The highest BCUT2D eigenvalue weighted by Crippen LogP contribution is 2.50. The molecule has 1 heterocycles. The van der Waals surface area contributed by atoms with Gasteiger partial charge in [0.1, 0.15) is 6.61 Å². The maximum Gasteiger partial charge on any atom is 0.236 e. The summed E-state index contributed by atoms with van der Waals surface area (Å²) in [5, 5.41) is 2.95. The first-order valence-corrected chi connectivity index (χ1v) is 9.90. The third kappa shape index (κ3) is 3.94. The van der Waals surface area contributed by atoms with E-state index in [1.807, 2.05) is 48.5 Å². The number of aliphatic imine (C=N–C) groups is 1. The van der Waals surface area contributed by atoms with Crippen LogP contribution in [0.5, 0.6) is 11.5 Å². The van der Waals surface area contributed by atoms with Crippen LogP contribution in [0.15, 0.2) is 77.8 Å². The van der Waals surface area contributed by atoms with Gasteiger partial charge in [-0.05, 0) is 49.1 Å². The average Bonchev–Trinajstić information content (AvgIpc) is 3.46. The summed E-state index contributed by atoms with van der Waals surface area (Å²) in [6, 6.07) is 15.5. The van der Waals surface area contributed by atoms with Gasteiger partial charge in [-0.1, -0.05) is 43.0 Å². The molecule has 0 spiro atoms. The molecule has 1 aliphatic carbocycles. The van der Waals surface area contributed by atoms with Crippen LogP contribution in [0.1, 0.15) is 30.9 Å². The van der Waals surface area contributed by atoms with Crippen LogP contribution in [0.2, 0.25) is 0 Å². The lowest BCUT2D eigenvalue weighted by atomic mass is 9.94. The predicted octanol–water partition coefficient (Wildman–Crippen LogP) is 4.23. The predicted molar refractivity (Wildman–Crippen MR) is 114 cm³/mol. The largest absolute Gasteiger partial charge is 0.485 e. The van der Waals surface area contributed by atoms with Crippen LogP contribution < -0.4 is 14.8 Å². The normalized spacial score (nSPS) is 16.7. The fraction of sp³-hybridized carbons (Fsp3) is 0.250. The SMILES string of the molecule is C=C/C(OCc1ccccc1)=C(\N=C/C)NC(=O)C1(c2ccc3c(c2)OCO3)CC1. The quantitative estimate of drug-likeness (QED) is 0.406. The zero-order chi connectivity index (χ0) is 21.0. The molecule has 4 rings (SSSR count). The summed E-state index contributed by atoms with van der Waals surface area (Å²) in [5.41, 5.74) is 1.33. The van der Waals surface area contributed by atoms with E-state index in [0.29, 0.717) is 29.7 Å². The molecule has 0 atom stereocenters. The number of benzene rings is 2. The maximum absolute atomic E-state index is 13.2. The number of hydrogen-bond acceptors (Lipinski definition) is 5. The number of carbonyl (C=O) groups is 1. The lowest BCUT2D eigenvalue weighted by molar-refractivity contribution is -0.122. The Labute approximate surface area is 175 Å². The van der Waals surface area contributed by atoms with Crippen LogP contribution in [0.4, 0.5) is 0 Å². The number of fused-ring (bicyclic) bond motifs is 1. The van der Waals surface area contributed by atoms with E-state index in [4.69, 9.17) is 14.2 Å². The van der Waals surface area contributed by atoms with Crippen molar-refractivity contribution < 1.29 is 19.0 Å². The molecule has 0 aromatic heterocycles. The van der Waals surface area contributed by atoms with Crippen molar-refractivity contribution >= 4 is 12.1 Å². The topological polar surface area (TPSA) is 69.2 Å². The van der Waals surface area contributed by atoms with Gasteiger partial charge in [0.25, 0.3) is 0 Å². The summed E-state index contributed by atoms with van der Waals surface area (Å²) in [7, 11) is 0. The van der Waals surface area contributed by atoms with Crippen LogP contribution in [0.25, 0.3) is 0 Å². The van der Waals surface area contributed by atoms with E-state index in [1.54, 1.807) is 19.2 Å². The molecule has 0 saturated heterocycles. The second-order valence-electron chi connectivity index (χ2n) is 7.18. The zero-order valence-corrected chi connectivity index (χ0v) is 16.9. The van der Waals surface area contributed by atoms with Gasteiger partial charge in [-0.2, -0.15) is 0 Å². The summed E-state index contributed by atoms with van der Waals surface area (Å²) in [6.45, 7) is 6.17. The smallest absolute Gasteiger partial charge is 0.236 e. The fourth-order valence-electron chi connectivity index (χ4n) is 3.44. The summed E-state index contributed by atoms with van der Waals surface area (Å²) in [4.78, 5) is 17.5. The number of nitrogens with one attached hydrogen (secondary N) is 1. The van der Waals surface area contributed by atoms with Gasteiger partial charge in [0.15, 0.2) is 23.1 Å². The third-order valence-electron chi connectivity index (χ3n) is 5.26. The van der Waals surface area contributed by atoms with E-state index < -0.39 is 5.41 Å². The Morgan fingerprint density at radius 2 is 1.97 bits per heavy atom. The van der Waals surface area contributed by atoms with Gasteiger partial charge in [0.2, 0.25) is 12.7 Å². The molecule has 1 aliphatic heterocycles. The Morgan fingerprint density at radius 1 is 1.20 bits per heavy atom. The highest BCUT2D eigenvalue weighted by molar-refractivity contribution is 5.92. The zero-order valence-electron chi connectivity index (χ0n) is 16.9. The molecule has 1 saturated carbocycles. The number of rotatable bonds is 8. The van der Waals surface area contributed by atoms with Crippen LogP contribution in [-0.2, 0) is 21.6 Å². The molecule has 30 heavy (non-hydrogen) atoms. The van der Waals surface area contributed by atoms with Crippen LogP contribution >= 0.6 is 0 Å². The van der Waals surface area contributed by atoms with E-state index >= 15 is 0 Å². The Hall–Kier alpha value is -3.54. The van der Waals surface area contributed by atoms with Crippen LogP contribution in [-0.4, -0.2) is 18.9 Å². The molecule has 1 fully saturated rings. The molecule has 2 aliphatic rings. The van der Waals surface area contributed by atoms with E-state index in [2.05, 4.69) is 16.9 Å². The van der Waals surface area contributed by atoms with Crippen molar-refractivity contribution in [3.8, 4) is 11.5 Å². The third-order valence-corrected chi connectivity index (χ3v) is 5.26. The second-order valence-corrected chi connectivity index (χ2v) is 7.18. The van der Waals surface area contributed by atoms with E-state index in [-0.39, 0.29) is 12.7 Å². The molecule has 6 heteroatoms. The van der Waals surface area contributed by atoms with Crippen molar-refractivity contribution in [3.63, 3.8) is 0 Å². The Kier molecular flexibility index (Phi) is 5.57. The van der Waals surface area contributed by atoms with Crippen LogP contribution in [0.3, 0.4) is 0 Å².